The lowest BCUT2D eigenvalue weighted by molar-refractivity contribution is -0.136. The summed E-state index contributed by atoms with van der Waals surface area (Å²) >= 11 is 5.83. The summed E-state index contributed by atoms with van der Waals surface area (Å²) in [7, 11) is 2.97. The molecule has 0 saturated heterocycles. The molecule has 0 aliphatic heterocycles. The number of hydrogen-bond donors (Lipinski definition) is 3. The number of rotatable bonds is 9. The molecule has 10 nitrogen and oxygen atoms in total. The van der Waals surface area contributed by atoms with E-state index in [0.717, 1.165) is 0 Å². The second-order valence-electron chi connectivity index (χ2n) is 7.14. The summed E-state index contributed by atoms with van der Waals surface area (Å²) in [6.45, 7) is -0.244. The lowest BCUT2D eigenvalue weighted by Crippen LogP contribution is -2.32. The van der Waals surface area contributed by atoms with Gasteiger partial charge in [0.1, 0.15) is 5.75 Å². The average Bonchev–Trinajstić information content (AvgIpc) is 2.89. The van der Waals surface area contributed by atoms with Gasteiger partial charge in [-0.25, -0.2) is 5.43 Å². The van der Waals surface area contributed by atoms with Crippen molar-refractivity contribution >= 4 is 46.9 Å². The van der Waals surface area contributed by atoms with Crippen molar-refractivity contribution in [3.63, 3.8) is 0 Å². The molecule has 0 saturated carbocycles. The third-order valence-electron chi connectivity index (χ3n) is 4.61. The second-order valence-corrected chi connectivity index (χ2v) is 7.57. The van der Waals surface area contributed by atoms with Gasteiger partial charge < -0.3 is 24.8 Å². The number of carbonyl (C=O) groups excluding carboxylic acids is 3. The molecule has 0 spiro atoms. The van der Waals surface area contributed by atoms with Crippen LogP contribution < -0.4 is 30.3 Å². The number of hydrogen-bond acceptors (Lipinski definition) is 7. The van der Waals surface area contributed by atoms with Crippen LogP contribution in [0, 0.1) is 0 Å². The smallest absolute Gasteiger partial charge is 0.329 e. The van der Waals surface area contributed by atoms with Crippen LogP contribution in [0.25, 0.3) is 0 Å². The van der Waals surface area contributed by atoms with Crippen LogP contribution in [0.3, 0.4) is 0 Å². The highest BCUT2D eigenvalue weighted by atomic mass is 35.5. The van der Waals surface area contributed by atoms with E-state index in [1.807, 2.05) is 0 Å². The maximum atomic E-state index is 12.1. The quantitative estimate of drug-likeness (QED) is 0.230. The predicted molar refractivity (Wildman–Crippen MR) is 136 cm³/mol. The standard InChI is InChI=1S/C25H23ClN4O6/c1-34-20-10-8-19(9-11-20)29-24(32)25(33)30-27-14-16-3-12-21(22(13-16)35-2)36-15-23(31)28-18-6-4-17(26)5-7-18/h3-14H,15H2,1-2H3,(H,28,31)(H,29,32)(H,30,33)/b27-14-. The van der Waals surface area contributed by atoms with Crippen LogP contribution >= 0.6 is 11.6 Å². The fourth-order valence-corrected chi connectivity index (χ4v) is 2.96. The van der Waals surface area contributed by atoms with Gasteiger partial charge in [-0.15, -0.1) is 0 Å². The van der Waals surface area contributed by atoms with Crippen molar-refractivity contribution < 1.29 is 28.6 Å². The zero-order valence-corrected chi connectivity index (χ0v) is 20.2. The van der Waals surface area contributed by atoms with Crippen molar-refractivity contribution in [1.82, 2.24) is 5.43 Å². The molecule has 0 aromatic heterocycles. The Morgan fingerprint density at radius 2 is 1.50 bits per heavy atom. The number of amides is 3. The fourth-order valence-electron chi connectivity index (χ4n) is 2.84. The van der Waals surface area contributed by atoms with Gasteiger partial charge in [-0.05, 0) is 72.3 Å². The van der Waals surface area contributed by atoms with E-state index >= 15 is 0 Å². The number of benzene rings is 3. The third kappa shape index (κ3) is 7.74. The number of ether oxygens (including phenoxy) is 3. The van der Waals surface area contributed by atoms with E-state index in [-0.39, 0.29) is 12.5 Å². The lowest BCUT2D eigenvalue weighted by Gasteiger charge is -2.11. The Kier molecular flexibility index (Phi) is 9.24. The first-order chi connectivity index (χ1) is 17.4. The molecular formula is C25H23ClN4O6. The highest BCUT2D eigenvalue weighted by Crippen LogP contribution is 2.27. The fraction of sp³-hybridized carbons (Fsp3) is 0.120. The van der Waals surface area contributed by atoms with Gasteiger partial charge in [0.25, 0.3) is 5.91 Å². The van der Waals surface area contributed by atoms with Crippen molar-refractivity contribution in [2.45, 2.75) is 0 Å². The monoisotopic (exact) mass is 510 g/mol. The SMILES string of the molecule is COc1ccc(NC(=O)C(=O)N/N=C\c2ccc(OCC(=O)Nc3ccc(Cl)cc3)c(OC)c2)cc1. The maximum absolute atomic E-state index is 12.1. The summed E-state index contributed by atoms with van der Waals surface area (Å²) in [4.78, 5) is 36.1. The second kappa shape index (κ2) is 12.8. The Balaban J connectivity index is 1.51. The van der Waals surface area contributed by atoms with Crippen LogP contribution in [0.2, 0.25) is 5.02 Å². The summed E-state index contributed by atoms with van der Waals surface area (Å²) in [6.07, 6.45) is 1.33. The molecule has 0 bridgehead atoms. The van der Waals surface area contributed by atoms with Crippen molar-refractivity contribution in [1.29, 1.82) is 0 Å². The minimum atomic E-state index is -0.944. The zero-order chi connectivity index (χ0) is 25.9. The van der Waals surface area contributed by atoms with Crippen molar-refractivity contribution in [3.8, 4) is 17.2 Å². The molecule has 0 radical (unpaired) electrons. The van der Waals surface area contributed by atoms with Gasteiger partial charge in [0, 0.05) is 16.4 Å². The summed E-state index contributed by atoms with van der Waals surface area (Å²) in [6, 6.07) is 18.0. The maximum Gasteiger partial charge on any atom is 0.329 e. The van der Waals surface area contributed by atoms with Crippen LogP contribution in [0.5, 0.6) is 17.2 Å². The Morgan fingerprint density at radius 3 is 2.17 bits per heavy atom. The highest BCUT2D eigenvalue weighted by Gasteiger charge is 2.13. The van der Waals surface area contributed by atoms with Crippen LogP contribution in [0.1, 0.15) is 5.56 Å². The van der Waals surface area contributed by atoms with E-state index in [1.54, 1.807) is 66.7 Å². The summed E-state index contributed by atoms with van der Waals surface area (Å²) in [5, 5.41) is 9.50. The number of carbonyl (C=O) groups is 3. The highest BCUT2D eigenvalue weighted by molar-refractivity contribution is 6.39. The van der Waals surface area contributed by atoms with E-state index in [0.29, 0.717) is 39.2 Å². The predicted octanol–water partition coefficient (Wildman–Crippen LogP) is 3.46. The van der Waals surface area contributed by atoms with E-state index in [1.165, 1.54) is 20.4 Å². The number of nitrogens with one attached hydrogen (secondary N) is 3. The molecule has 3 N–H and O–H groups in total. The number of anilines is 2. The Hall–Kier alpha value is -4.57. The number of nitrogens with zero attached hydrogens (tertiary/aromatic N) is 1. The summed E-state index contributed by atoms with van der Waals surface area (Å²) in [5.41, 5.74) is 3.73. The molecule has 3 aromatic carbocycles. The van der Waals surface area contributed by atoms with Crippen LogP contribution in [0.15, 0.2) is 71.8 Å². The van der Waals surface area contributed by atoms with Gasteiger partial charge in [-0.1, -0.05) is 11.6 Å². The molecule has 3 amide bonds. The largest absolute Gasteiger partial charge is 0.497 e. The lowest BCUT2D eigenvalue weighted by atomic mass is 10.2. The minimum absolute atomic E-state index is 0.244. The Labute approximate surface area is 212 Å². The van der Waals surface area contributed by atoms with Crippen molar-refractivity contribution in [3.05, 3.63) is 77.3 Å². The van der Waals surface area contributed by atoms with Crippen molar-refractivity contribution in [2.75, 3.05) is 31.5 Å². The van der Waals surface area contributed by atoms with E-state index < -0.39 is 11.8 Å². The van der Waals surface area contributed by atoms with Gasteiger partial charge in [0.15, 0.2) is 18.1 Å². The van der Waals surface area contributed by atoms with Crippen LogP contribution in [-0.2, 0) is 14.4 Å². The Morgan fingerprint density at radius 1 is 0.833 bits per heavy atom. The van der Waals surface area contributed by atoms with Gasteiger partial charge >= 0.3 is 11.8 Å². The topological polar surface area (TPSA) is 127 Å². The van der Waals surface area contributed by atoms with Crippen LogP contribution in [0.4, 0.5) is 11.4 Å². The molecule has 0 unspecified atom stereocenters. The van der Waals surface area contributed by atoms with E-state index in [9.17, 15) is 14.4 Å². The molecule has 36 heavy (non-hydrogen) atoms. The van der Waals surface area contributed by atoms with Gasteiger partial charge in [-0.3, -0.25) is 14.4 Å². The molecular weight excluding hydrogens is 488 g/mol. The van der Waals surface area contributed by atoms with E-state index in [4.69, 9.17) is 25.8 Å². The Bertz CT molecular complexity index is 1250. The molecule has 3 aromatic rings. The zero-order valence-electron chi connectivity index (χ0n) is 19.4. The minimum Gasteiger partial charge on any atom is -0.497 e. The molecule has 0 aliphatic carbocycles. The van der Waals surface area contributed by atoms with Crippen molar-refractivity contribution in [2.24, 2.45) is 5.10 Å². The summed E-state index contributed by atoms with van der Waals surface area (Å²) in [5.74, 6) is -0.877. The first-order valence-corrected chi connectivity index (χ1v) is 10.9. The molecule has 0 fully saturated rings. The molecule has 3 rings (SSSR count). The third-order valence-corrected chi connectivity index (χ3v) is 4.86. The first-order valence-electron chi connectivity index (χ1n) is 10.5. The van der Waals surface area contributed by atoms with Crippen LogP contribution in [-0.4, -0.2) is 44.8 Å². The molecule has 11 heteroatoms. The summed E-state index contributed by atoms with van der Waals surface area (Å²) < 4.78 is 15.9. The molecule has 0 heterocycles. The van der Waals surface area contributed by atoms with Gasteiger partial charge in [0.2, 0.25) is 0 Å². The first kappa shape index (κ1) is 26.0. The molecule has 0 atom stereocenters. The number of methoxy groups -OCH3 is 2. The van der Waals surface area contributed by atoms with Gasteiger partial charge in [0.05, 0.1) is 20.4 Å². The van der Waals surface area contributed by atoms with Gasteiger partial charge in [-0.2, -0.15) is 5.10 Å². The molecule has 186 valence electrons. The number of halogens is 1. The average molecular weight is 511 g/mol. The molecule has 0 aliphatic rings. The number of hydrazone groups is 1. The van der Waals surface area contributed by atoms with E-state index in [2.05, 4.69) is 21.2 Å². The normalized spacial score (nSPS) is 10.4.